The van der Waals surface area contributed by atoms with Gasteiger partial charge in [0.25, 0.3) is 5.91 Å². The molecule has 20 heavy (non-hydrogen) atoms. The van der Waals surface area contributed by atoms with Gasteiger partial charge in [0.15, 0.2) is 17.3 Å². The van der Waals surface area contributed by atoms with E-state index in [2.05, 4.69) is 5.32 Å². The molecule has 0 saturated heterocycles. The number of nitrogens with one attached hydrogen (secondary N) is 1. The standard InChI is InChI=1S/C13H10FNO5/c1-19-9-3-2-7(6-8(9)14)15-12(16)10-4-5-11(20-10)13(17)18/h2-6H,1H3,(H,15,16)(H,17,18). The zero-order valence-electron chi connectivity index (χ0n) is 10.3. The highest BCUT2D eigenvalue weighted by atomic mass is 19.1. The summed E-state index contributed by atoms with van der Waals surface area (Å²) in [6, 6.07) is 6.26. The monoisotopic (exact) mass is 279 g/mol. The second-order valence-electron chi connectivity index (χ2n) is 3.77. The fourth-order valence-corrected chi connectivity index (χ4v) is 1.51. The summed E-state index contributed by atoms with van der Waals surface area (Å²) in [5.74, 6) is -3.07. The number of aromatic carboxylic acids is 1. The fraction of sp³-hybridized carbons (Fsp3) is 0.0769. The first-order valence-electron chi connectivity index (χ1n) is 5.49. The second-order valence-corrected chi connectivity index (χ2v) is 3.77. The van der Waals surface area contributed by atoms with E-state index in [0.29, 0.717) is 0 Å². The Labute approximate surface area is 112 Å². The van der Waals surface area contributed by atoms with E-state index < -0.39 is 17.7 Å². The van der Waals surface area contributed by atoms with E-state index in [1.54, 1.807) is 0 Å². The zero-order valence-corrected chi connectivity index (χ0v) is 10.3. The Hall–Kier alpha value is -2.83. The van der Waals surface area contributed by atoms with E-state index in [9.17, 15) is 14.0 Å². The molecule has 1 amide bonds. The maximum absolute atomic E-state index is 13.4. The molecule has 0 radical (unpaired) electrons. The number of amides is 1. The number of benzene rings is 1. The number of hydrogen-bond donors (Lipinski definition) is 2. The number of halogens is 1. The van der Waals surface area contributed by atoms with Gasteiger partial charge in [-0.2, -0.15) is 0 Å². The molecule has 0 spiro atoms. The van der Waals surface area contributed by atoms with Crippen LogP contribution < -0.4 is 10.1 Å². The Morgan fingerprint density at radius 3 is 2.50 bits per heavy atom. The van der Waals surface area contributed by atoms with Gasteiger partial charge in [-0.25, -0.2) is 9.18 Å². The topological polar surface area (TPSA) is 88.8 Å². The molecule has 6 nitrogen and oxygen atoms in total. The van der Waals surface area contributed by atoms with Crippen molar-refractivity contribution < 1.29 is 28.2 Å². The lowest BCUT2D eigenvalue weighted by Gasteiger charge is -2.06. The van der Waals surface area contributed by atoms with Crippen LogP contribution in [0.5, 0.6) is 5.75 Å². The van der Waals surface area contributed by atoms with Gasteiger partial charge in [-0.05, 0) is 24.3 Å². The van der Waals surface area contributed by atoms with Gasteiger partial charge in [0.2, 0.25) is 5.76 Å². The van der Waals surface area contributed by atoms with Crippen LogP contribution in [0.2, 0.25) is 0 Å². The third kappa shape index (κ3) is 2.77. The predicted octanol–water partition coefficient (Wildman–Crippen LogP) is 2.38. The quantitative estimate of drug-likeness (QED) is 0.896. The van der Waals surface area contributed by atoms with Gasteiger partial charge in [0, 0.05) is 11.8 Å². The third-order valence-electron chi connectivity index (χ3n) is 2.45. The number of rotatable bonds is 4. The Balaban J connectivity index is 2.14. The van der Waals surface area contributed by atoms with Gasteiger partial charge < -0.3 is 19.6 Å². The lowest BCUT2D eigenvalue weighted by molar-refractivity contribution is 0.0660. The van der Waals surface area contributed by atoms with E-state index in [4.69, 9.17) is 14.3 Å². The minimum absolute atomic E-state index is 0.0501. The van der Waals surface area contributed by atoms with Crippen molar-refractivity contribution in [1.29, 1.82) is 0 Å². The highest BCUT2D eigenvalue weighted by Crippen LogP contribution is 2.21. The molecule has 1 aromatic heterocycles. The summed E-state index contributed by atoms with van der Waals surface area (Å²) in [5, 5.41) is 11.1. The fourth-order valence-electron chi connectivity index (χ4n) is 1.51. The molecule has 2 aromatic rings. The molecule has 0 fully saturated rings. The van der Waals surface area contributed by atoms with Crippen LogP contribution in [0.4, 0.5) is 10.1 Å². The molecule has 0 bridgehead atoms. The molecule has 0 aliphatic carbocycles. The van der Waals surface area contributed by atoms with Crippen LogP contribution in [-0.4, -0.2) is 24.1 Å². The lowest BCUT2D eigenvalue weighted by atomic mass is 10.3. The molecule has 2 N–H and O–H groups in total. The van der Waals surface area contributed by atoms with E-state index in [-0.39, 0.29) is 23.0 Å². The molecule has 7 heteroatoms. The van der Waals surface area contributed by atoms with Crippen molar-refractivity contribution in [2.45, 2.75) is 0 Å². The van der Waals surface area contributed by atoms with E-state index >= 15 is 0 Å². The van der Waals surface area contributed by atoms with Crippen LogP contribution in [0.3, 0.4) is 0 Å². The number of hydrogen-bond acceptors (Lipinski definition) is 4. The number of furan rings is 1. The van der Waals surface area contributed by atoms with Crippen LogP contribution in [-0.2, 0) is 0 Å². The molecule has 0 aliphatic heterocycles. The molecule has 1 heterocycles. The lowest BCUT2D eigenvalue weighted by Crippen LogP contribution is -2.11. The average Bonchev–Trinajstić information content (AvgIpc) is 2.88. The van der Waals surface area contributed by atoms with Crippen LogP contribution >= 0.6 is 0 Å². The van der Waals surface area contributed by atoms with E-state index in [0.717, 1.165) is 12.1 Å². The molecule has 0 saturated carbocycles. The molecule has 0 atom stereocenters. The molecule has 104 valence electrons. The van der Waals surface area contributed by atoms with E-state index in [1.165, 1.54) is 25.3 Å². The normalized spacial score (nSPS) is 10.1. The summed E-state index contributed by atoms with van der Waals surface area (Å²) in [7, 11) is 1.33. The van der Waals surface area contributed by atoms with Crippen LogP contribution in [0.15, 0.2) is 34.7 Å². The largest absolute Gasteiger partial charge is 0.494 e. The van der Waals surface area contributed by atoms with Gasteiger partial charge in [0.05, 0.1) is 7.11 Å². The minimum atomic E-state index is -1.28. The third-order valence-corrected chi connectivity index (χ3v) is 2.45. The Morgan fingerprint density at radius 2 is 1.95 bits per heavy atom. The smallest absolute Gasteiger partial charge is 0.371 e. The molecule has 2 rings (SSSR count). The predicted molar refractivity (Wildman–Crippen MR) is 66.6 cm³/mol. The number of ether oxygens (including phenoxy) is 1. The summed E-state index contributed by atoms with van der Waals surface area (Å²) in [6.07, 6.45) is 0. The first kappa shape index (κ1) is 13.6. The second kappa shape index (κ2) is 5.43. The minimum Gasteiger partial charge on any atom is -0.494 e. The highest BCUT2D eigenvalue weighted by molar-refractivity contribution is 6.02. The highest BCUT2D eigenvalue weighted by Gasteiger charge is 2.15. The first-order chi connectivity index (χ1) is 9.51. The van der Waals surface area contributed by atoms with Crippen molar-refractivity contribution in [3.8, 4) is 5.75 Å². The van der Waals surface area contributed by atoms with Crippen molar-refractivity contribution in [2.75, 3.05) is 12.4 Å². The van der Waals surface area contributed by atoms with Crippen molar-refractivity contribution in [3.05, 3.63) is 47.7 Å². The number of carboxylic acid groups (broad SMARTS) is 1. The van der Waals surface area contributed by atoms with Gasteiger partial charge in [-0.1, -0.05) is 0 Å². The van der Waals surface area contributed by atoms with Gasteiger partial charge in [0.1, 0.15) is 0 Å². The maximum atomic E-state index is 13.4. The van der Waals surface area contributed by atoms with E-state index in [1.807, 2.05) is 0 Å². The maximum Gasteiger partial charge on any atom is 0.371 e. The summed E-state index contributed by atoms with van der Waals surface area (Å²) in [6.45, 7) is 0. The van der Waals surface area contributed by atoms with Crippen LogP contribution in [0.1, 0.15) is 21.1 Å². The number of carboxylic acids is 1. The van der Waals surface area contributed by atoms with Crippen molar-refractivity contribution >= 4 is 17.6 Å². The van der Waals surface area contributed by atoms with Gasteiger partial charge in [-0.15, -0.1) is 0 Å². The Kier molecular flexibility index (Phi) is 3.69. The summed E-state index contributed by atoms with van der Waals surface area (Å²) in [4.78, 5) is 22.4. The number of carbonyl (C=O) groups excluding carboxylic acids is 1. The molecule has 0 aliphatic rings. The SMILES string of the molecule is COc1ccc(NC(=O)c2ccc(C(=O)O)o2)cc1F. The molecular formula is C13H10FNO5. The summed E-state index contributed by atoms with van der Waals surface area (Å²) >= 11 is 0. The Morgan fingerprint density at radius 1 is 1.25 bits per heavy atom. The van der Waals surface area contributed by atoms with Gasteiger partial charge >= 0.3 is 5.97 Å². The van der Waals surface area contributed by atoms with Crippen molar-refractivity contribution in [3.63, 3.8) is 0 Å². The number of anilines is 1. The number of methoxy groups -OCH3 is 1. The molecule has 0 unspecified atom stereocenters. The summed E-state index contributed by atoms with van der Waals surface area (Å²) < 4.78 is 23.0. The first-order valence-corrected chi connectivity index (χ1v) is 5.49. The van der Waals surface area contributed by atoms with Gasteiger partial charge in [-0.3, -0.25) is 4.79 Å². The zero-order chi connectivity index (χ0) is 14.7. The molecule has 1 aromatic carbocycles. The van der Waals surface area contributed by atoms with Crippen molar-refractivity contribution in [1.82, 2.24) is 0 Å². The summed E-state index contributed by atoms with van der Waals surface area (Å²) in [5.41, 5.74) is 0.196. The Bertz CT molecular complexity index is 665. The molecular weight excluding hydrogens is 269 g/mol. The average molecular weight is 279 g/mol. The van der Waals surface area contributed by atoms with Crippen molar-refractivity contribution in [2.24, 2.45) is 0 Å². The van der Waals surface area contributed by atoms with Crippen LogP contribution in [0.25, 0.3) is 0 Å². The number of carbonyl (C=O) groups is 2. The van der Waals surface area contributed by atoms with Crippen LogP contribution in [0, 0.1) is 5.82 Å².